The average Bonchev–Trinajstić information content (AvgIpc) is 3.29. The second kappa shape index (κ2) is 9.80. The average molecular weight is 458 g/mol. The molecule has 1 saturated carbocycles. The lowest BCUT2D eigenvalue weighted by Gasteiger charge is -2.31. The van der Waals surface area contributed by atoms with Crippen LogP contribution in [0.4, 0.5) is 15.8 Å². The van der Waals surface area contributed by atoms with Gasteiger partial charge in [-0.15, -0.1) is 0 Å². The maximum absolute atomic E-state index is 15.0. The molecule has 0 radical (unpaired) electrons. The fourth-order valence-electron chi connectivity index (χ4n) is 5.15. The predicted octanol–water partition coefficient (Wildman–Crippen LogP) is 5.56. The standard InChI is InChI=1S/C26H33ClFN3O/c1-29(2)23-14-15-31(17-23)25-13-12-22(16-24(25)28)30(3)26(32)20-6-4-18(5-7-20)19-8-10-21(27)11-9-19/h8-13,16,18,20,23H,4-7,14-15,17H2,1-3H3. The summed E-state index contributed by atoms with van der Waals surface area (Å²) in [5, 5.41) is 0.750. The van der Waals surface area contributed by atoms with E-state index in [1.54, 1.807) is 11.9 Å². The number of hydrogen-bond donors (Lipinski definition) is 0. The fraction of sp³-hybridized carbons (Fsp3) is 0.500. The zero-order chi connectivity index (χ0) is 22.8. The molecule has 1 saturated heterocycles. The van der Waals surface area contributed by atoms with Crippen LogP contribution in [0.3, 0.4) is 0 Å². The summed E-state index contributed by atoms with van der Waals surface area (Å²) in [5.41, 5.74) is 2.55. The molecular weight excluding hydrogens is 425 g/mol. The van der Waals surface area contributed by atoms with Crippen LogP contribution in [0.5, 0.6) is 0 Å². The van der Waals surface area contributed by atoms with Crippen LogP contribution in [-0.2, 0) is 4.79 Å². The molecule has 2 fully saturated rings. The molecule has 1 aliphatic heterocycles. The molecule has 0 aromatic heterocycles. The Labute approximate surface area is 195 Å². The van der Waals surface area contributed by atoms with E-state index in [4.69, 9.17) is 11.6 Å². The van der Waals surface area contributed by atoms with Gasteiger partial charge in [-0.2, -0.15) is 0 Å². The van der Waals surface area contributed by atoms with Gasteiger partial charge in [0.05, 0.1) is 5.69 Å². The highest BCUT2D eigenvalue weighted by atomic mass is 35.5. The molecule has 2 aliphatic rings. The molecule has 172 valence electrons. The summed E-state index contributed by atoms with van der Waals surface area (Å²) in [7, 11) is 5.90. The van der Waals surface area contributed by atoms with Crippen molar-refractivity contribution in [3.8, 4) is 0 Å². The van der Waals surface area contributed by atoms with Crippen LogP contribution in [0.2, 0.25) is 5.02 Å². The Balaban J connectivity index is 1.37. The third kappa shape index (κ3) is 4.94. The first-order chi connectivity index (χ1) is 15.3. The minimum atomic E-state index is -0.256. The number of anilines is 2. The number of benzene rings is 2. The first-order valence-electron chi connectivity index (χ1n) is 11.6. The summed E-state index contributed by atoms with van der Waals surface area (Å²) in [6, 6.07) is 13.7. The van der Waals surface area contributed by atoms with Crippen molar-refractivity contribution in [1.29, 1.82) is 0 Å². The highest BCUT2D eigenvalue weighted by Gasteiger charge is 2.30. The van der Waals surface area contributed by atoms with Gasteiger partial charge >= 0.3 is 0 Å². The van der Waals surface area contributed by atoms with Gasteiger partial charge in [0.15, 0.2) is 0 Å². The number of carbonyl (C=O) groups excluding carboxylic acids is 1. The largest absolute Gasteiger partial charge is 0.368 e. The van der Waals surface area contributed by atoms with Gasteiger partial charge in [0.1, 0.15) is 5.82 Å². The van der Waals surface area contributed by atoms with Gasteiger partial charge in [0, 0.05) is 42.8 Å². The van der Waals surface area contributed by atoms with E-state index >= 15 is 0 Å². The Morgan fingerprint density at radius 3 is 2.28 bits per heavy atom. The molecule has 1 aliphatic carbocycles. The lowest BCUT2D eigenvalue weighted by molar-refractivity contribution is -0.123. The summed E-state index contributed by atoms with van der Waals surface area (Å²) in [6.07, 6.45) is 4.72. The Hall–Kier alpha value is -2.11. The van der Waals surface area contributed by atoms with Crippen molar-refractivity contribution in [3.05, 3.63) is 58.9 Å². The topological polar surface area (TPSA) is 26.8 Å². The lowest BCUT2D eigenvalue weighted by Crippen LogP contribution is -2.35. The molecule has 0 spiro atoms. The number of rotatable bonds is 5. The van der Waals surface area contributed by atoms with Gasteiger partial charge in [-0.05, 0) is 88.0 Å². The number of likely N-dealkylation sites (N-methyl/N-ethyl adjacent to an activating group) is 1. The summed E-state index contributed by atoms with van der Waals surface area (Å²) >= 11 is 6.00. The number of hydrogen-bond acceptors (Lipinski definition) is 3. The van der Waals surface area contributed by atoms with Crippen molar-refractivity contribution in [1.82, 2.24) is 4.90 Å². The molecule has 32 heavy (non-hydrogen) atoms. The molecule has 1 atom stereocenters. The minimum absolute atomic E-state index is 0.00859. The first kappa shape index (κ1) is 23.1. The summed E-state index contributed by atoms with van der Waals surface area (Å²) in [6.45, 7) is 1.68. The van der Waals surface area contributed by atoms with Gasteiger partial charge in [-0.3, -0.25) is 4.79 Å². The number of halogens is 2. The van der Waals surface area contributed by atoms with Crippen LogP contribution < -0.4 is 9.80 Å². The van der Waals surface area contributed by atoms with Gasteiger partial charge in [0.2, 0.25) is 5.91 Å². The maximum Gasteiger partial charge on any atom is 0.229 e. The summed E-state index contributed by atoms with van der Waals surface area (Å²) < 4.78 is 15.0. The van der Waals surface area contributed by atoms with Crippen molar-refractivity contribution in [2.45, 2.75) is 44.1 Å². The van der Waals surface area contributed by atoms with Crippen LogP contribution in [-0.4, -0.2) is 51.1 Å². The molecule has 2 aromatic carbocycles. The van der Waals surface area contributed by atoms with Gasteiger partial charge in [-0.1, -0.05) is 23.7 Å². The third-order valence-electron chi connectivity index (χ3n) is 7.30. The number of carbonyl (C=O) groups is 1. The zero-order valence-electron chi connectivity index (χ0n) is 19.2. The number of nitrogens with zero attached hydrogens (tertiary/aromatic N) is 3. The van der Waals surface area contributed by atoms with E-state index in [-0.39, 0.29) is 17.6 Å². The molecule has 0 bridgehead atoms. The first-order valence-corrected chi connectivity index (χ1v) is 11.9. The molecule has 2 aromatic rings. The molecule has 1 amide bonds. The van der Waals surface area contributed by atoms with Crippen LogP contribution in [0.1, 0.15) is 43.6 Å². The van der Waals surface area contributed by atoms with Gasteiger partial charge < -0.3 is 14.7 Å². The van der Waals surface area contributed by atoms with Crippen LogP contribution in [0.25, 0.3) is 0 Å². The lowest BCUT2D eigenvalue weighted by atomic mass is 9.78. The molecule has 1 unspecified atom stereocenters. The Morgan fingerprint density at radius 1 is 1.00 bits per heavy atom. The number of amides is 1. The molecule has 6 heteroatoms. The monoisotopic (exact) mass is 457 g/mol. The van der Waals surface area contributed by atoms with E-state index in [1.165, 1.54) is 11.6 Å². The Kier molecular flexibility index (Phi) is 7.06. The minimum Gasteiger partial charge on any atom is -0.368 e. The van der Waals surface area contributed by atoms with Crippen LogP contribution in [0.15, 0.2) is 42.5 Å². The summed E-state index contributed by atoms with van der Waals surface area (Å²) in [4.78, 5) is 19.1. The van der Waals surface area contributed by atoms with E-state index in [2.05, 4.69) is 36.0 Å². The van der Waals surface area contributed by atoms with Gasteiger partial charge in [0.25, 0.3) is 0 Å². The highest BCUT2D eigenvalue weighted by molar-refractivity contribution is 6.30. The van der Waals surface area contributed by atoms with Crippen LogP contribution >= 0.6 is 11.6 Å². The maximum atomic E-state index is 15.0. The second-order valence-electron chi connectivity index (χ2n) is 9.49. The fourth-order valence-corrected chi connectivity index (χ4v) is 5.28. The predicted molar refractivity (Wildman–Crippen MR) is 130 cm³/mol. The van der Waals surface area contributed by atoms with E-state index < -0.39 is 0 Å². The van der Waals surface area contributed by atoms with E-state index in [1.807, 2.05) is 24.3 Å². The molecule has 4 rings (SSSR count). The molecule has 1 heterocycles. The smallest absolute Gasteiger partial charge is 0.229 e. The van der Waals surface area contributed by atoms with E-state index in [9.17, 15) is 9.18 Å². The SMILES string of the molecule is CN(C(=O)C1CCC(c2ccc(Cl)cc2)CC1)c1ccc(N2CCC(N(C)C)C2)c(F)c1. The highest BCUT2D eigenvalue weighted by Crippen LogP contribution is 2.37. The Morgan fingerprint density at radius 2 is 1.69 bits per heavy atom. The van der Waals surface area contributed by atoms with Crippen molar-refractivity contribution in [3.63, 3.8) is 0 Å². The van der Waals surface area contributed by atoms with Crippen LogP contribution in [0, 0.1) is 11.7 Å². The van der Waals surface area contributed by atoms with E-state index in [0.29, 0.717) is 23.3 Å². The van der Waals surface area contributed by atoms with Crippen molar-refractivity contribution in [2.75, 3.05) is 44.0 Å². The molecule has 4 nitrogen and oxygen atoms in total. The quantitative estimate of drug-likeness (QED) is 0.588. The van der Waals surface area contributed by atoms with Crippen molar-refractivity contribution in [2.24, 2.45) is 5.92 Å². The normalized spacial score (nSPS) is 23.6. The second-order valence-corrected chi connectivity index (χ2v) is 9.92. The summed E-state index contributed by atoms with van der Waals surface area (Å²) in [5.74, 6) is 0.295. The molecule has 0 N–H and O–H groups in total. The zero-order valence-corrected chi connectivity index (χ0v) is 20.0. The van der Waals surface area contributed by atoms with Crippen molar-refractivity contribution >= 4 is 28.9 Å². The van der Waals surface area contributed by atoms with E-state index in [0.717, 1.165) is 50.2 Å². The van der Waals surface area contributed by atoms with Gasteiger partial charge in [-0.25, -0.2) is 4.39 Å². The third-order valence-corrected chi connectivity index (χ3v) is 7.55. The molecular formula is C26H33ClFN3O. The van der Waals surface area contributed by atoms with Crippen molar-refractivity contribution < 1.29 is 9.18 Å². The Bertz CT molecular complexity index is 941.